The number of methoxy groups -OCH3 is 1. The maximum Gasteiger partial charge on any atom is 0.310 e. The number of hydrazone groups is 1. The molecule has 1 aromatic heterocycles. The number of hydrogen-bond acceptors (Lipinski definition) is 8. The van der Waals surface area contributed by atoms with Crippen molar-refractivity contribution in [2.45, 2.75) is 20.5 Å². The van der Waals surface area contributed by atoms with Gasteiger partial charge in [-0.05, 0) is 49.2 Å². The van der Waals surface area contributed by atoms with Crippen LogP contribution in [0.2, 0.25) is 0 Å². The second-order valence-electron chi connectivity index (χ2n) is 6.25. The lowest BCUT2D eigenvalue weighted by atomic mass is 10.1. The average molecular weight is 412 g/mol. The van der Waals surface area contributed by atoms with Gasteiger partial charge in [-0.1, -0.05) is 6.07 Å². The fraction of sp³-hybridized carbons (Fsp3) is 0.200. The minimum atomic E-state index is -0.457. The molecule has 0 saturated heterocycles. The van der Waals surface area contributed by atoms with E-state index in [1.807, 2.05) is 31.4 Å². The van der Waals surface area contributed by atoms with Crippen LogP contribution in [0, 0.1) is 24.0 Å². The van der Waals surface area contributed by atoms with Gasteiger partial charge in [-0.2, -0.15) is 5.10 Å². The molecule has 0 saturated carbocycles. The number of nitrogens with one attached hydrogen (secondary N) is 1. The van der Waals surface area contributed by atoms with E-state index in [4.69, 9.17) is 9.47 Å². The first kappa shape index (κ1) is 20.3. The lowest BCUT2D eigenvalue weighted by Gasteiger charge is -2.12. The molecule has 9 heteroatoms. The highest BCUT2D eigenvalue weighted by Crippen LogP contribution is 2.30. The molecule has 0 atom stereocenters. The van der Waals surface area contributed by atoms with E-state index < -0.39 is 4.92 Å². The molecule has 8 nitrogen and oxygen atoms in total. The van der Waals surface area contributed by atoms with Gasteiger partial charge in [0, 0.05) is 17.0 Å². The molecule has 0 bridgehead atoms. The predicted molar refractivity (Wildman–Crippen MR) is 113 cm³/mol. The lowest BCUT2D eigenvalue weighted by molar-refractivity contribution is -0.386. The van der Waals surface area contributed by atoms with E-state index in [1.54, 1.807) is 31.5 Å². The van der Waals surface area contributed by atoms with Crippen LogP contribution >= 0.6 is 11.3 Å². The number of hydrogen-bond donors (Lipinski definition) is 1. The number of thiazole rings is 1. The van der Waals surface area contributed by atoms with Gasteiger partial charge in [0.15, 0.2) is 5.75 Å². The Labute approximate surface area is 172 Å². The van der Waals surface area contributed by atoms with Crippen molar-refractivity contribution in [3.63, 3.8) is 0 Å². The molecule has 3 rings (SSSR count). The Balaban J connectivity index is 1.75. The van der Waals surface area contributed by atoms with Gasteiger partial charge in [0.05, 0.1) is 23.9 Å². The molecule has 0 aliphatic rings. The molecule has 150 valence electrons. The number of nitro groups is 1. The molecule has 1 heterocycles. The summed E-state index contributed by atoms with van der Waals surface area (Å²) < 4.78 is 11.1. The second kappa shape index (κ2) is 9.16. The van der Waals surface area contributed by atoms with Gasteiger partial charge < -0.3 is 9.47 Å². The molecule has 0 aliphatic carbocycles. The van der Waals surface area contributed by atoms with Crippen molar-refractivity contribution < 1.29 is 14.4 Å². The lowest BCUT2D eigenvalue weighted by Crippen LogP contribution is -2.02. The summed E-state index contributed by atoms with van der Waals surface area (Å²) in [6.07, 6.45) is 1.66. The molecule has 0 aliphatic heterocycles. The molecule has 2 aromatic carbocycles. The highest BCUT2D eigenvalue weighted by atomic mass is 32.1. The Morgan fingerprint density at radius 1 is 1.24 bits per heavy atom. The van der Waals surface area contributed by atoms with Crippen LogP contribution < -0.4 is 14.9 Å². The van der Waals surface area contributed by atoms with Crippen LogP contribution in [0.5, 0.6) is 11.5 Å². The van der Waals surface area contributed by atoms with E-state index in [9.17, 15) is 10.1 Å². The van der Waals surface area contributed by atoms with Crippen LogP contribution in [-0.2, 0) is 6.61 Å². The van der Waals surface area contributed by atoms with E-state index in [0.29, 0.717) is 10.9 Å². The van der Waals surface area contributed by atoms with Gasteiger partial charge in [0.2, 0.25) is 5.13 Å². The quantitative estimate of drug-likeness (QED) is 0.327. The summed E-state index contributed by atoms with van der Waals surface area (Å²) in [7, 11) is 1.56. The van der Waals surface area contributed by atoms with E-state index in [0.717, 1.165) is 22.4 Å². The van der Waals surface area contributed by atoms with Crippen LogP contribution in [0.15, 0.2) is 46.9 Å². The van der Waals surface area contributed by atoms with Crippen molar-refractivity contribution in [1.29, 1.82) is 0 Å². The third-order valence-corrected chi connectivity index (χ3v) is 4.86. The highest BCUT2D eigenvalue weighted by Gasteiger charge is 2.16. The van der Waals surface area contributed by atoms with Gasteiger partial charge in [-0.15, -0.1) is 11.3 Å². The summed E-state index contributed by atoms with van der Waals surface area (Å²) in [5, 5.41) is 18.1. The normalized spacial score (nSPS) is 10.9. The number of aryl methyl sites for hydroxylation is 2. The Morgan fingerprint density at radius 2 is 2.07 bits per heavy atom. The maximum atomic E-state index is 11.2. The summed E-state index contributed by atoms with van der Waals surface area (Å²) in [6, 6.07) is 10.3. The first-order valence-electron chi connectivity index (χ1n) is 8.72. The van der Waals surface area contributed by atoms with Crippen molar-refractivity contribution in [2.24, 2.45) is 5.10 Å². The maximum absolute atomic E-state index is 11.2. The molecule has 0 spiro atoms. The molecule has 0 fully saturated rings. The fourth-order valence-electron chi connectivity index (χ4n) is 2.60. The third kappa shape index (κ3) is 5.29. The molecular formula is C20H20N4O4S. The van der Waals surface area contributed by atoms with E-state index in [2.05, 4.69) is 15.5 Å². The standard InChI is InChI=1S/C20H20N4O4S/c1-13-4-6-17(24(25)26)19(8-13)28-11-16-9-15(5-7-18(16)27-3)10-21-23-20-22-14(2)12-29-20/h4-10,12H,11H2,1-3H3,(H,22,23). The number of ether oxygens (including phenoxy) is 2. The van der Waals surface area contributed by atoms with Gasteiger partial charge >= 0.3 is 5.69 Å². The fourth-order valence-corrected chi connectivity index (χ4v) is 3.24. The Bertz CT molecular complexity index is 1050. The van der Waals surface area contributed by atoms with Gasteiger partial charge in [0.25, 0.3) is 0 Å². The first-order chi connectivity index (χ1) is 14.0. The largest absolute Gasteiger partial charge is 0.496 e. The number of anilines is 1. The average Bonchev–Trinajstić information content (AvgIpc) is 3.11. The summed E-state index contributed by atoms with van der Waals surface area (Å²) in [6.45, 7) is 3.89. The molecule has 1 N–H and O–H groups in total. The zero-order valence-corrected chi connectivity index (χ0v) is 17.0. The topological polar surface area (TPSA) is 98.9 Å². The van der Waals surface area contributed by atoms with E-state index in [-0.39, 0.29) is 18.0 Å². The minimum Gasteiger partial charge on any atom is -0.496 e. The van der Waals surface area contributed by atoms with Gasteiger partial charge in [-0.25, -0.2) is 4.98 Å². The van der Waals surface area contributed by atoms with Crippen molar-refractivity contribution in [3.8, 4) is 11.5 Å². The molecule has 0 radical (unpaired) electrons. The van der Waals surface area contributed by atoms with Gasteiger partial charge in [0.1, 0.15) is 12.4 Å². The molecule has 0 unspecified atom stereocenters. The molecule has 29 heavy (non-hydrogen) atoms. The monoisotopic (exact) mass is 412 g/mol. The minimum absolute atomic E-state index is 0.0739. The van der Waals surface area contributed by atoms with Gasteiger partial charge in [-0.3, -0.25) is 15.5 Å². The smallest absolute Gasteiger partial charge is 0.310 e. The van der Waals surface area contributed by atoms with E-state index in [1.165, 1.54) is 17.4 Å². The highest BCUT2D eigenvalue weighted by molar-refractivity contribution is 7.13. The first-order valence-corrected chi connectivity index (χ1v) is 9.60. The van der Waals surface area contributed by atoms with Crippen molar-refractivity contribution in [2.75, 3.05) is 12.5 Å². The Hall–Kier alpha value is -3.46. The van der Waals surface area contributed by atoms with Crippen LogP contribution in [0.3, 0.4) is 0 Å². The zero-order chi connectivity index (χ0) is 20.8. The third-order valence-electron chi connectivity index (χ3n) is 3.99. The van der Waals surface area contributed by atoms with Crippen molar-refractivity contribution in [1.82, 2.24) is 4.98 Å². The van der Waals surface area contributed by atoms with Crippen LogP contribution in [0.25, 0.3) is 0 Å². The summed E-state index contributed by atoms with van der Waals surface area (Å²) in [5.41, 5.74) is 6.19. The number of nitrogens with zero attached hydrogens (tertiary/aromatic N) is 3. The van der Waals surface area contributed by atoms with Crippen LogP contribution in [-0.4, -0.2) is 23.2 Å². The van der Waals surface area contributed by atoms with Crippen LogP contribution in [0.4, 0.5) is 10.8 Å². The Kier molecular flexibility index (Phi) is 6.40. The molecular weight excluding hydrogens is 392 g/mol. The number of nitro benzene ring substituents is 1. The number of rotatable bonds is 8. The Morgan fingerprint density at radius 3 is 2.76 bits per heavy atom. The van der Waals surface area contributed by atoms with E-state index >= 15 is 0 Å². The van der Waals surface area contributed by atoms with Crippen LogP contribution in [0.1, 0.15) is 22.4 Å². The summed E-state index contributed by atoms with van der Waals surface area (Å²) in [5.74, 6) is 0.845. The predicted octanol–water partition coefficient (Wildman–Crippen LogP) is 4.70. The van der Waals surface area contributed by atoms with Crippen molar-refractivity contribution >= 4 is 28.4 Å². The van der Waals surface area contributed by atoms with Crippen molar-refractivity contribution in [3.05, 3.63) is 74.3 Å². The second-order valence-corrected chi connectivity index (χ2v) is 7.11. The zero-order valence-electron chi connectivity index (χ0n) is 16.2. The summed E-state index contributed by atoms with van der Waals surface area (Å²) in [4.78, 5) is 15.1. The summed E-state index contributed by atoms with van der Waals surface area (Å²) >= 11 is 1.47. The molecule has 3 aromatic rings. The number of benzene rings is 2. The number of aromatic nitrogens is 1. The SMILES string of the molecule is COc1ccc(C=NNc2nc(C)cs2)cc1COc1cc(C)ccc1[N+](=O)[O-]. The molecule has 0 amide bonds.